The minimum Gasteiger partial charge on any atom is -0.373 e. The largest absolute Gasteiger partial charge is 0.373 e. The van der Waals surface area contributed by atoms with Crippen LogP contribution in [-0.2, 0) is 4.74 Å². The average molecular weight is 201 g/mol. The van der Waals surface area contributed by atoms with E-state index in [1.165, 1.54) is 5.57 Å². The lowest BCUT2D eigenvalue weighted by molar-refractivity contribution is -0.0652. The minimum absolute atomic E-state index is 0.344. The van der Waals surface area contributed by atoms with Crippen LogP contribution in [0.2, 0.25) is 0 Å². The molecule has 2 atom stereocenters. The number of hydrogen-bond acceptors (Lipinski definition) is 3. The molecule has 13 heavy (non-hydrogen) atoms. The average Bonchev–Trinajstić information content (AvgIpc) is 2.02. The van der Waals surface area contributed by atoms with E-state index >= 15 is 0 Å². The summed E-state index contributed by atoms with van der Waals surface area (Å²) in [5.74, 6) is 0.778. The molecule has 0 amide bonds. The Morgan fingerprint density at radius 2 is 2.00 bits per heavy atom. The second kappa shape index (κ2) is 5.03. The second-order valence-corrected chi connectivity index (χ2v) is 4.18. The van der Waals surface area contributed by atoms with E-state index in [-0.39, 0.29) is 0 Å². The predicted octanol–water partition coefficient (Wildman–Crippen LogP) is 1.58. The molecular formula is C10H19NOS. The first-order valence-corrected chi connectivity index (χ1v) is 5.40. The standard InChI is InChI=1S/C10H19NOS/c1-8(7-13)4-11-5-9(2)12-10(3)6-11/h9-10,13H,1,4-7H2,2-3H3/t9-,10+. The highest BCUT2D eigenvalue weighted by molar-refractivity contribution is 7.80. The lowest BCUT2D eigenvalue weighted by Crippen LogP contribution is -2.46. The van der Waals surface area contributed by atoms with Crippen molar-refractivity contribution in [3.63, 3.8) is 0 Å². The maximum Gasteiger partial charge on any atom is 0.0678 e. The zero-order valence-electron chi connectivity index (χ0n) is 8.49. The maximum absolute atomic E-state index is 5.64. The van der Waals surface area contributed by atoms with Crippen LogP contribution in [-0.4, -0.2) is 42.5 Å². The second-order valence-electron chi connectivity index (χ2n) is 3.86. The number of morpholine rings is 1. The summed E-state index contributed by atoms with van der Waals surface area (Å²) in [6.45, 7) is 11.2. The van der Waals surface area contributed by atoms with Crippen molar-refractivity contribution in [1.29, 1.82) is 0 Å². The Balaban J connectivity index is 2.37. The van der Waals surface area contributed by atoms with Crippen molar-refractivity contribution >= 4 is 12.6 Å². The van der Waals surface area contributed by atoms with Gasteiger partial charge in [-0.15, -0.1) is 0 Å². The molecule has 0 radical (unpaired) electrons. The normalized spacial score (nSPS) is 30.4. The number of nitrogens with zero attached hydrogens (tertiary/aromatic N) is 1. The molecule has 1 saturated heterocycles. The van der Waals surface area contributed by atoms with Crippen molar-refractivity contribution < 1.29 is 4.74 Å². The molecule has 0 saturated carbocycles. The van der Waals surface area contributed by atoms with Gasteiger partial charge in [0, 0.05) is 25.4 Å². The molecule has 1 aliphatic heterocycles. The van der Waals surface area contributed by atoms with Crippen LogP contribution in [0.1, 0.15) is 13.8 Å². The van der Waals surface area contributed by atoms with Gasteiger partial charge in [0.2, 0.25) is 0 Å². The highest BCUT2D eigenvalue weighted by Gasteiger charge is 2.21. The summed E-state index contributed by atoms with van der Waals surface area (Å²) in [5.41, 5.74) is 1.18. The van der Waals surface area contributed by atoms with Gasteiger partial charge < -0.3 is 4.74 Å². The van der Waals surface area contributed by atoms with E-state index < -0.39 is 0 Å². The van der Waals surface area contributed by atoms with Crippen LogP contribution >= 0.6 is 12.6 Å². The fourth-order valence-corrected chi connectivity index (χ4v) is 1.88. The highest BCUT2D eigenvalue weighted by Crippen LogP contribution is 2.11. The first-order valence-electron chi connectivity index (χ1n) is 4.77. The van der Waals surface area contributed by atoms with Gasteiger partial charge in [0.15, 0.2) is 0 Å². The molecule has 0 aromatic heterocycles. The molecule has 0 aromatic carbocycles. The molecule has 0 aliphatic carbocycles. The lowest BCUT2D eigenvalue weighted by Gasteiger charge is -2.35. The van der Waals surface area contributed by atoms with Crippen LogP contribution in [0.25, 0.3) is 0 Å². The molecule has 76 valence electrons. The van der Waals surface area contributed by atoms with E-state index in [2.05, 4.69) is 38.0 Å². The lowest BCUT2D eigenvalue weighted by atomic mass is 10.2. The molecular weight excluding hydrogens is 182 g/mol. The summed E-state index contributed by atoms with van der Waals surface area (Å²) in [6, 6.07) is 0. The first kappa shape index (κ1) is 11.1. The van der Waals surface area contributed by atoms with Crippen LogP contribution in [0.5, 0.6) is 0 Å². The van der Waals surface area contributed by atoms with E-state index in [1.807, 2.05) is 0 Å². The molecule has 1 heterocycles. The van der Waals surface area contributed by atoms with Crippen LogP contribution in [0, 0.1) is 0 Å². The Hall–Kier alpha value is 0.01000. The third-order valence-corrected chi connectivity index (χ3v) is 2.61. The van der Waals surface area contributed by atoms with Crippen molar-refractivity contribution in [3.8, 4) is 0 Å². The summed E-state index contributed by atoms with van der Waals surface area (Å²) in [6.07, 6.45) is 0.688. The van der Waals surface area contributed by atoms with Gasteiger partial charge in [0.1, 0.15) is 0 Å². The molecule has 0 bridgehead atoms. The topological polar surface area (TPSA) is 12.5 Å². The fraction of sp³-hybridized carbons (Fsp3) is 0.800. The van der Waals surface area contributed by atoms with Crippen molar-refractivity contribution in [1.82, 2.24) is 4.90 Å². The van der Waals surface area contributed by atoms with Crippen LogP contribution in [0.15, 0.2) is 12.2 Å². The first-order chi connectivity index (χ1) is 6.11. The van der Waals surface area contributed by atoms with Gasteiger partial charge in [-0.05, 0) is 13.8 Å². The van der Waals surface area contributed by atoms with E-state index in [9.17, 15) is 0 Å². The number of ether oxygens (including phenoxy) is 1. The Bertz CT molecular complexity index is 174. The number of hydrogen-bond donors (Lipinski definition) is 1. The van der Waals surface area contributed by atoms with E-state index in [4.69, 9.17) is 4.74 Å². The summed E-state index contributed by atoms with van der Waals surface area (Å²) >= 11 is 4.20. The minimum atomic E-state index is 0.344. The molecule has 1 fully saturated rings. The maximum atomic E-state index is 5.64. The van der Waals surface area contributed by atoms with E-state index in [0.29, 0.717) is 12.2 Å². The van der Waals surface area contributed by atoms with E-state index in [1.54, 1.807) is 0 Å². The van der Waals surface area contributed by atoms with Gasteiger partial charge in [0.25, 0.3) is 0 Å². The van der Waals surface area contributed by atoms with Crippen molar-refractivity contribution in [3.05, 3.63) is 12.2 Å². The van der Waals surface area contributed by atoms with Gasteiger partial charge in [-0.25, -0.2) is 0 Å². The quantitative estimate of drug-likeness (QED) is 0.550. The Morgan fingerprint density at radius 3 is 2.46 bits per heavy atom. The van der Waals surface area contributed by atoms with Gasteiger partial charge in [0.05, 0.1) is 12.2 Å². The van der Waals surface area contributed by atoms with Gasteiger partial charge >= 0.3 is 0 Å². The molecule has 0 N–H and O–H groups in total. The summed E-state index contributed by atoms with van der Waals surface area (Å²) in [4.78, 5) is 2.39. The summed E-state index contributed by atoms with van der Waals surface area (Å²) < 4.78 is 5.64. The van der Waals surface area contributed by atoms with Crippen LogP contribution in [0.4, 0.5) is 0 Å². The third kappa shape index (κ3) is 3.71. The van der Waals surface area contributed by atoms with Crippen LogP contribution in [0.3, 0.4) is 0 Å². The van der Waals surface area contributed by atoms with Crippen LogP contribution < -0.4 is 0 Å². The summed E-state index contributed by atoms with van der Waals surface area (Å²) in [5, 5.41) is 0. The van der Waals surface area contributed by atoms with Gasteiger partial charge in [-0.2, -0.15) is 12.6 Å². The Morgan fingerprint density at radius 1 is 1.46 bits per heavy atom. The van der Waals surface area contributed by atoms with Crippen molar-refractivity contribution in [2.45, 2.75) is 26.1 Å². The smallest absolute Gasteiger partial charge is 0.0678 e. The molecule has 2 nitrogen and oxygen atoms in total. The predicted molar refractivity (Wildman–Crippen MR) is 59.4 cm³/mol. The third-order valence-electron chi connectivity index (χ3n) is 2.17. The molecule has 0 unspecified atom stereocenters. The molecule has 1 rings (SSSR count). The summed E-state index contributed by atoms with van der Waals surface area (Å²) in [7, 11) is 0. The Kier molecular flexibility index (Phi) is 4.29. The van der Waals surface area contributed by atoms with Gasteiger partial charge in [-0.3, -0.25) is 4.90 Å². The van der Waals surface area contributed by atoms with E-state index in [0.717, 1.165) is 25.4 Å². The molecule has 0 aromatic rings. The monoisotopic (exact) mass is 201 g/mol. The highest BCUT2D eigenvalue weighted by atomic mass is 32.1. The number of thiol groups is 1. The molecule has 0 spiro atoms. The molecule has 3 heteroatoms. The SMILES string of the molecule is C=C(CS)CN1C[C@@H](C)O[C@@H](C)C1. The zero-order chi connectivity index (χ0) is 9.84. The van der Waals surface area contributed by atoms with Crippen molar-refractivity contribution in [2.24, 2.45) is 0 Å². The molecule has 1 aliphatic rings. The number of rotatable bonds is 3. The zero-order valence-corrected chi connectivity index (χ0v) is 9.39. The van der Waals surface area contributed by atoms with Crippen molar-refractivity contribution in [2.75, 3.05) is 25.4 Å². The Labute approximate surface area is 86.4 Å². The fourth-order valence-electron chi connectivity index (χ4n) is 1.78. The van der Waals surface area contributed by atoms with Gasteiger partial charge in [-0.1, -0.05) is 12.2 Å².